The molecule has 1 saturated heterocycles. The van der Waals surface area contributed by atoms with Gasteiger partial charge in [-0.15, -0.1) is 0 Å². The summed E-state index contributed by atoms with van der Waals surface area (Å²) in [4.78, 5) is 16.5. The van der Waals surface area contributed by atoms with Gasteiger partial charge in [-0.3, -0.25) is 9.69 Å². The summed E-state index contributed by atoms with van der Waals surface area (Å²) in [5.74, 6) is -0.608. The number of carbonyl (C=O) groups is 1. The van der Waals surface area contributed by atoms with E-state index in [1.165, 1.54) is 29.2 Å². The first-order chi connectivity index (χ1) is 11.2. The van der Waals surface area contributed by atoms with Crippen molar-refractivity contribution in [3.63, 3.8) is 0 Å². The van der Waals surface area contributed by atoms with Crippen molar-refractivity contribution in [1.29, 1.82) is 0 Å². The van der Waals surface area contributed by atoms with E-state index in [1.807, 2.05) is 35.2 Å². The molecule has 3 nitrogen and oxygen atoms in total. The van der Waals surface area contributed by atoms with E-state index in [4.69, 9.17) is 12.2 Å². The maximum atomic E-state index is 13.1. The predicted molar refractivity (Wildman–Crippen MR) is 93.1 cm³/mol. The highest BCUT2D eigenvalue weighted by Crippen LogP contribution is 2.21. The Bertz CT molecular complexity index is 697. The first-order valence-electron chi connectivity index (χ1n) is 7.61. The van der Waals surface area contributed by atoms with Crippen molar-refractivity contribution in [3.05, 3.63) is 66.0 Å². The van der Waals surface area contributed by atoms with Crippen molar-refractivity contribution in [2.75, 3.05) is 18.0 Å². The van der Waals surface area contributed by atoms with Gasteiger partial charge in [-0.25, -0.2) is 4.39 Å². The molecule has 1 fully saturated rings. The van der Waals surface area contributed by atoms with Gasteiger partial charge in [0.05, 0.1) is 5.69 Å². The molecule has 23 heavy (non-hydrogen) atoms. The standard InChI is InChI=1S/C18H17FN2OS/c19-15-10-8-14(9-11-15)17(22)21(16-6-2-1-3-7-16)18(23)20-12-4-5-13-20/h1-3,6-11H,4-5,12-13H2. The third-order valence-electron chi connectivity index (χ3n) is 3.88. The fraction of sp³-hybridized carbons (Fsp3) is 0.222. The molecule has 0 spiro atoms. The molecule has 1 aliphatic heterocycles. The zero-order valence-electron chi connectivity index (χ0n) is 12.6. The molecule has 0 N–H and O–H groups in total. The van der Waals surface area contributed by atoms with Gasteiger partial charge in [0.15, 0.2) is 5.11 Å². The quantitative estimate of drug-likeness (QED) is 0.782. The Morgan fingerprint density at radius 3 is 2.22 bits per heavy atom. The van der Waals surface area contributed by atoms with Crippen LogP contribution in [0.2, 0.25) is 0 Å². The highest BCUT2D eigenvalue weighted by molar-refractivity contribution is 7.80. The van der Waals surface area contributed by atoms with Crippen LogP contribution in [0.4, 0.5) is 10.1 Å². The monoisotopic (exact) mass is 328 g/mol. The van der Waals surface area contributed by atoms with E-state index in [9.17, 15) is 9.18 Å². The second kappa shape index (κ2) is 6.87. The van der Waals surface area contributed by atoms with Crippen LogP contribution in [0.3, 0.4) is 0 Å². The van der Waals surface area contributed by atoms with Crippen molar-refractivity contribution < 1.29 is 9.18 Å². The molecule has 1 aliphatic rings. The van der Waals surface area contributed by atoms with E-state index in [1.54, 1.807) is 0 Å². The summed E-state index contributed by atoms with van der Waals surface area (Å²) in [5, 5.41) is 0.503. The SMILES string of the molecule is O=C(c1ccc(F)cc1)N(C(=S)N1CCCC1)c1ccccc1. The van der Waals surface area contributed by atoms with Crippen LogP contribution in [0.1, 0.15) is 23.2 Å². The number of para-hydroxylation sites is 1. The number of thiocarbonyl (C=S) groups is 1. The van der Waals surface area contributed by atoms with Crippen LogP contribution < -0.4 is 4.90 Å². The van der Waals surface area contributed by atoms with E-state index in [0.29, 0.717) is 10.7 Å². The Balaban J connectivity index is 1.95. The van der Waals surface area contributed by atoms with Gasteiger partial charge in [0.2, 0.25) is 0 Å². The first-order valence-corrected chi connectivity index (χ1v) is 8.01. The van der Waals surface area contributed by atoms with E-state index in [0.717, 1.165) is 31.6 Å². The lowest BCUT2D eigenvalue weighted by Crippen LogP contribution is -2.45. The fourth-order valence-electron chi connectivity index (χ4n) is 2.66. The normalized spacial score (nSPS) is 13.9. The molecule has 0 saturated carbocycles. The van der Waals surface area contributed by atoms with Gasteiger partial charge in [0.1, 0.15) is 5.82 Å². The van der Waals surface area contributed by atoms with Crippen LogP contribution >= 0.6 is 12.2 Å². The molecule has 118 valence electrons. The first kappa shape index (κ1) is 15.6. The van der Waals surface area contributed by atoms with Gasteiger partial charge < -0.3 is 4.90 Å². The number of hydrogen-bond acceptors (Lipinski definition) is 2. The number of hydrogen-bond donors (Lipinski definition) is 0. The van der Waals surface area contributed by atoms with E-state index in [-0.39, 0.29) is 11.7 Å². The minimum Gasteiger partial charge on any atom is -0.348 e. The molecule has 2 aromatic carbocycles. The number of likely N-dealkylation sites (tertiary alicyclic amines) is 1. The summed E-state index contributed by atoms with van der Waals surface area (Å²) in [7, 11) is 0. The Morgan fingerprint density at radius 2 is 1.61 bits per heavy atom. The summed E-state index contributed by atoms with van der Waals surface area (Å²) in [6, 6.07) is 14.9. The van der Waals surface area contributed by atoms with Crippen LogP contribution in [0.5, 0.6) is 0 Å². The van der Waals surface area contributed by atoms with Gasteiger partial charge in [-0.2, -0.15) is 0 Å². The van der Waals surface area contributed by atoms with Crippen LogP contribution in [0.25, 0.3) is 0 Å². The summed E-state index contributed by atoms with van der Waals surface area (Å²) in [5.41, 5.74) is 1.13. The summed E-state index contributed by atoms with van der Waals surface area (Å²) >= 11 is 5.58. The van der Waals surface area contributed by atoms with Gasteiger partial charge in [-0.05, 0) is 61.5 Å². The fourth-order valence-corrected chi connectivity index (χ4v) is 3.03. The molecule has 5 heteroatoms. The number of anilines is 1. The van der Waals surface area contributed by atoms with E-state index >= 15 is 0 Å². The summed E-state index contributed by atoms with van der Waals surface area (Å²) in [6.07, 6.45) is 2.15. The molecular weight excluding hydrogens is 311 g/mol. The molecule has 2 aromatic rings. The average molecular weight is 328 g/mol. The number of halogens is 1. The molecule has 1 amide bonds. The molecule has 0 atom stereocenters. The molecule has 0 aromatic heterocycles. The highest BCUT2D eigenvalue weighted by Gasteiger charge is 2.27. The van der Waals surface area contributed by atoms with E-state index in [2.05, 4.69) is 0 Å². The average Bonchev–Trinajstić information content (AvgIpc) is 3.11. The number of amides is 1. The molecule has 0 unspecified atom stereocenters. The second-order valence-corrected chi connectivity index (χ2v) is 5.82. The third-order valence-corrected chi connectivity index (χ3v) is 4.32. The van der Waals surface area contributed by atoms with Crippen molar-refractivity contribution >= 4 is 28.9 Å². The highest BCUT2D eigenvalue weighted by atomic mass is 32.1. The zero-order valence-corrected chi connectivity index (χ0v) is 13.4. The van der Waals surface area contributed by atoms with Crippen LogP contribution in [0, 0.1) is 5.82 Å². The van der Waals surface area contributed by atoms with Crippen LogP contribution in [-0.2, 0) is 0 Å². The summed E-state index contributed by atoms with van der Waals surface area (Å²) < 4.78 is 13.1. The van der Waals surface area contributed by atoms with Crippen molar-refractivity contribution in [1.82, 2.24) is 4.90 Å². The molecule has 0 aliphatic carbocycles. The molecule has 0 radical (unpaired) electrons. The lowest BCUT2D eigenvalue weighted by molar-refractivity contribution is 0.1000. The smallest absolute Gasteiger partial charge is 0.264 e. The Kier molecular flexibility index (Phi) is 4.67. The molecular formula is C18H17FN2OS. The summed E-state index contributed by atoms with van der Waals surface area (Å²) in [6.45, 7) is 1.72. The predicted octanol–water partition coefficient (Wildman–Crippen LogP) is 3.85. The Morgan fingerprint density at radius 1 is 1.00 bits per heavy atom. The van der Waals surface area contributed by atoms with Gasteiger partial charge in [-0.1, -0.05) is 18.2 Å². The van der Waals surface area contributed by atoms with Gasteiger partial charge >= 0.3 is 0 Å². The number of benzene rings is 2. The minimum atomic E-state index is -0.366. The second-order valence-electron chi connectivity index (χ2n) is 5.46. The lowest BCUT2D eigenvalue weighted by Gasteiger charge is -2.29. The Labute approximate surface area is 140 Å². The maximum absolute atomic E-state index is 13.1. The Hall–Kier alpha value is -2.27. The van der Waals surface area contributed by atoms with Gasteiger partial charge in [0.25, 0.3) is 5.91 Å². The molecule has 3 rings (SSSR count). The molecule has 0 bridgehead atoms. The van der Waals surface area contributed by atoms with Crippen LogP contribution in [0.15, 0.2) is 54.6 Å². The minimum absolute atomic E-state index is 0.242. The zero-order chi connectivity index (χ0) is 16.2. The van der Waals surface area contributed by atoms with Crippen molar-refractivity contribution in [3.8, 4) is 0 Å². The number of nitrogens with zero attached hydrogens (tertiary/aromatic N) is 2. The van der Waals surface area contributed by atoms with Crippen LogP contribution in [-0.4, -0.2) is 29.0 Å². The topological polar surface area (TPSA) is 23.6 Å². The van der Waals surface area contributed by atoms with Crippen molar-refractivity contribution in [2.45, 2.75) is 12.8 Å². The third kappa shape index (κ3) is 3.40. The van der Waals surface area contributed by atoms with Crippen molar-refractivity contribution in [2.24, 2.45) is 0 Å². The molecule has 1 heterocycles. The van der Waals surface area contributed by atoms with E-state index < -0.39 is 0 Å². The lowest BCUT2D eigenvalue weighted by atomic mass is 10.2. The van der Waals surface area contributed by atoms with Gasteiger partial charge in [0, 0.05) is 18.7 Å². The number of rotatable bonds is 2. The maximum Gasteiger partial charge on any atom is 0.264 e. The number of carbonyl (C=O) groups excluding carboxylic acids is 1. The largest absolute Gasteiger partial charge is 0.348 e.